The van der Waals surface area contributed by atoms with Gasteiger partial charge in [-0.2, -0.15) is 0 Å². The summed E-state index contributed by atoms with van der Waals surface area (Å²) < 4.78 is 0. The first-order valence-corrected chi connectivity index (χ1v) is 8.09. The summed E-state index contributed by atoms with van der Waals surface area (Å²) in [7, 11) is 0. The van der Waals surface area contributed by atoms with Crippen LogP contribution in [-0.4, -0.2) is 40.5 Å². The van der Waals surface area contributed by atoms with E-state index in [0.717, 1.165) is 37.7 Å². The fourth-order valence-electron chi connectivity index (χ4n) is 2.30. The molecule has 1 rings (SSSR count). The summed E-state index contributed by atoms with van der Waals surface area (Å²) in [6.45, 7) is 14.2. The molecule has 0 aliphatic rings. The number of anilines is 2. The van der Waals surface area contributed by atoms with Gasteiger partial charge in [0, 0.05) is 18.0 Å². The zero-order chi connectivity index (χ0) is 15.8. The number of hydrogen-bond donors (Lipinski definition) is 2. The first-order chi connectivity index (χ1) is 9.96. The molecule has 0 saturated heterocycles. The fourth-order valence-corrected chi connectivity index (χ4v) is 2.30. The van der Waals surface area contributed by atoms with Crippen LogP contribution in [0.15, 0.2) is 6.07 Å². The van der Waals surface area contributed by atoms with Gasteiger partial charge in [0.1, 0.15) is 17.5 Å². The lowest BCUT2D eigenvalue weighted by atomic mass is 10.1. The Bertz CT molecular complexity index is 415. The quantitative estimate of drug-likeness (QED) is 0.732. The van der Waals surface area contributed by atoms with Gasteiger partial charge in [-0.15, -0.1) is 0 Å². The van der Waals surface area contributed by atoms with Crippen molar-refractivity contribution in [1.29, 1.82) is 0 Å². The highest BCUT2D eigenvalue weighted by Crippen LogP contribution is 2.16. The highest BCUT2D eigenvalue weighted by atomic mass is 15.1. The molecule has 0 aliphatic carbocycles. The molecule has 0 bridgehead atoms. The van der Waals surface area contributed by atoms with Crippen molar-refractivity contribution in [2.75, 3.05) is 30.7 Å². The topological polar surface area (TPSA) is 67.1 Å². The van der Waals surface area contributed by atoms with Gasteiger partial charge < -0.3 is 16.0 Å². The molecule has 1 atom stereocenters. The lowest BCUT2D eigenvalue weighted by molar-refractivity contribution is 0.295. The maximum absolute atomic E-state index is 5.85. The molecule has 0 aromatic carbocycles. The van der Waals surface area contributed by atoms with Crippen LogP contribution >= 0.6 is 0 Å². The van der Waals surface area contributed by atoms with E-state index >= 15 is 0 Å². The minimum absolute atomic E-state index is 0.284. The van der Waals surface area contributed by atoms with E-state index in [4.69, 9.17) is 5.73 Å². The van der Waals surface area contributed by atoms with E-state index in [1.807, 2.05) is 6.07 Å². The van der Waals surface area contributed by atoms with E-state index in [9.17, 15) is 0 Å². The second kappa shape index (κ2) is 8.82. The third-order valence-corrected chi connectivity index (χ3v) is 3.68. The number of nitrogens with one attached hydrogen (secondary N) is 1. The van der Waals surface area contributed by atoms with E-state index in [1.165, 1.54) is 6.42 Å². The van der Waals surface area contributed by atoms with Crippen LogP contribution in [0.3, 0.4) is 0 Å². The second-order valence-electron chi connectivity index (χ2n) is 5.91. The number of nitrogens with zero attached hydrogens (tertiary/aromatic N) is 3. The Hall–Kier alpha value is -1.36. The Morgan fingerprint density at radius 3 is 2.43 bits per heavy atom. The molecule has 0 radical (unpaired) electrons. The molecule has 120 valence electrons. The van der Waals surface area contributed by atoms with Gasteiger partial charge in [-0.3, -0.25) is 0 Å². The lowest BCUT2D eigenvalue weighted by Crippen LogP contribution is -2.25. The van der Waals surface area contributed by atoms with Crippen LogP contribution in [0.1, 0.15) is 59.2 Å². The molecule has 0 spiro atoms. The zero-order valence-electron chi connectivity index (χ0n) is 14.2. The minimum atomic E-state index is 0.284. The first kappa shape index (κ1) is 17.7. The van der Waals surface area contributed by atoms with Gasteiger partial charge in [-0.25, -0.2) is 9.97 Å². The van der Waals surface area contributed by atoms with E-state index in [0.29, 0.717) is 11.9 Å². The van der Waals surface area contributed by atoms with Crippen molar-refractivity contribution >= 4 is 11.6 Å². The van der Waals surface area contributed by atoms with Gasteiger partial charge in [0.05, 0.1) is 0 Å². The third kappa shape index (κ3) is 6.29. The predicted octanol–water partition coefficient (Wildman–Crippen LogP) is 3.10. The zero-order valence-corrected chi connectivity index (χ0v) is 14.2. The van der Waals surface area contributed by atoms with Crippen molar-refractivity contribution in [3.63, 3.8) is 0 Å². The maximum atomic E-state index is 5.85. The van der Waals surface area contributed by atoms with Crippen LogP contribution in [0.4, 0.5) is 11.6 Å². The fraction of sp³-hybridized carbons (Fsp3) is 0.750. The van der Waals surface area contributed by atoms with E-state index < -0.39 is 0 Å². The minimum Gasteiger partial charge on any atom is -0.384 e. The van der Waals surface area contributed by atoms with Crippen molar-refractivity contribution in [3.05, 3.63) is 11.9 Å². The Morgan fingerprint density at radius 2 is 1.86 bits per heavy atom. The molecule has 5 nitrogen and oxygen atoms in total. The monoisotopic (exact) mass is 293 g/mol. The van der Waals surface area contributed by atoms with Gasteiger partial charge in [-0.1, -0.05) is 27.7 Å². The van der Waals surface area contributed by atoms with Crippen molar-refractivity contribution in [2.45, 2.75) is 59.4 Å². The van der Waals surface area contributed by atoms with Gasteiger partial charge in [0.15, 0.2) is 0 Å². The summed E-state index contributed by atoms with van der Waals surface area (Å²) in [6.07, 6.45) is 2.31. The number of hydrogen-bond acceptors (Lipinski definition) is 5. The summed E-state index contributed by atoms with van der Waals surface area (Å²) in [4.78, 5) is 11.3. The molecule has 1 unspecified atom stereocenters. The SMILES string of the molecule is CCN(CC)CCCC(C)Nc1cc(N)nc(C(C)C)n1. The van der Waals surface area contributed by atoms with Crippen LogP contribution in [0, 0.1) is 0 Å². The van der Waals surface area contributed by atoms with Crippen molar-refractivity contribution < 1.29 is 0 Å². The van der Waals surface area contributed by atoms with E-state index in [-0.39, 0.29) is 5.92 Å². The molecule has 1 aromatic rings. The highest BCUT2D eigenvalue weighted by molar-refractivity contribution is 5.45. The molecule has 0 amide bonds. The Morgan fingerprint density at radius 1 is 1.19 bits per heavy atom. The molecule has 0 saturated carbocycles. The van der Waals surface area contributed by atoms with Crippen molar-refractivity contribution in [1.82, 2.24) is 14.9 Å². The smallest absolute Gasteiger partial charge is 0.135 e. The summed E-state index contributed by atoms with van der Waals surface area (Å²) in [5.41, 5.74) is 5.85. The molecule has 0 fully saturated rings. The normalized spacial score (nSPS) is 12.9. The van der Waals surface area contributed by atoms with Crippen LogP contribution in [0.2, 0.25) is 0 Å². The van der Waals surface area contributed by atoms with E-state index in [2.05, 4.69) is 54.8 Å². The Balaban J connectivity index is 2.49. The van der Waals surface area contributed by atoms with Crippen LogP contribution in [-0.2, 0) is 0 Å². The average Bonchev–Trinajstić information content (AvgIpc) is 2.43. The molecule has 1 aromatic heterocycles. The number of nitrogens with two attached hydrogens (primary N) is 1. The Kier molecular flexibility index (Phi) is 7.43. The maximum Gasteiger partial charge on any atom is 0.135 e. The lowest BCUT2D eigenvalue weighted by Gasteiger charge is -2.20. The molecule has 1 heterocycles. The third-order valence-electron chi connectivity index (χ3n) is 3.68. The number of aromatic nitrogens is 2. The van der Waals surface area contributed by atoms with Crippen LogP contribution < -0.4 is 11.1 Å². The number of rotatable bonds is 9. The molecule has 0 aliphatic heterocycles. The first-order valence-electron chi connectivity index (χ1n) is 8.09. The summed E-state index contributed by atoms with van der Waals surface area (Å²) in [5.74, 6) is 2.45. The number of nitrogen functional groups attached to an aromatic ring is 1. The standard InChI is InChI=1S/C16H31N5/c1-6-21(7-2)10-8-9-13(5)18-15-11-14(17)19-16(20-15)12(3)4/h11-13H,6-10H2,1-5H3,(H3,17,18,19,20). The highest BCUT2D eigenvalue weighted by Gasteiger charge is 2.09. The van der Waals surface area contributed by atoms with Crippen LogP contribution in [0.25, 0.3) is 0 Å². The van der Waals surface area contributed by atoms with Gasteiger partial charge in [0.25, 0.3) is 0 Å². The van der Waals surface area contributed by atoms with Crippen molar-refractivity contribution in [3.8, 4) is 0 Å². The summed E-state index contributed by atoms with van der Waals surface area (Å²) in [6, 6.07) is 2.20. The molecule has 5 heteroatoms. The Labute approximate surface area is 129 Å². The molecule has 21 heavy (non-hydrogen) atoms. The largest absolute Gasteiger partial charge is 0.384 e. The van der Waals surface area contributed by atoms with Crippen LogP contribution in [0.5, 0.6) is 0 Å². The summed E-state index contributed by atoms with van der Waals surface area (Å²) >= 11 is 0. The summed E-state index contributed by atoms with van der Waals surface area (Å²) in [5, 5.41) is 3.44. The second-order valence-corrected chi connectivity index (χ2v) is 5.91. The van der Waals surface area contributed by atoms with Gasteiger partial charge in [0.2, 0.25) is 0 Å². The molecular weight excluding hydrogens is 262 g/mol. The molecular formula is C16H31N5. The van der Waals surface area contributed by atoms with Gasteiger partial charge >= 0.3 is 0 Å². The van der Waals surface area contributed by atoms with Crippen molar-refractivity contribution in [2.24, 2.45) is 0 Å². The van der Waals surface area contributed by atoms with Gasteiger partial charge in [-0.05, 0) is 39.4 Å². The molecule has 3 N–H and O–H groups in total. The average molecular weight is 293 g/mol. The van der Waals surface area contributed by atoms with E-state index in [1.54, 1.807) is 0 Å². The predicted molar refractivity (Wildman–Crippen MR) is 90.6 cm³/mol.